The highest BCUT2D eigenvalue weighted by Gasteiger charge is 2.00. The number of nitrogens with two attached hydrogens (primary N) is 1. The number of nitrogens with one attached hydrogen (secondary N) is 1. The molecule has 0 aliphatic heterocycles. The molecular formula is C9H16N2O5. The van der Waals surface area contributed by atoms with Gasteiger partial charge in [-0.3, -0.25) is 14.4 Å². The number of hydrogen-bond donors (Lipinski definition) is 4. The lowest BCUT2D eigenvalue weighted by atomic mass is 10.3. The van der Waals surface area contributed by atoms with Crippen LogP contribution in [-0.4, -0.2) is 41.1 Å². The summed E-state index contributed by atoms with van der Waals surface area (Å²) in [4.78, 5) is 29.6. The lowest BCUT2D eigenvalue weighted by Gasteiger charge is -1.94. The number of carbonyl (C=O) groups excluding carboxylic acids is 1. The van der Waals surface area contributed by atoms with Gasteiger partial charge in [-0.2, -0.15) is 0 Å². The standard InChI is InChI=1S/C5H10N2O.C4H6O4/c1-2-5(8)7-4-3-6;5-3(6)1-2-4(7)8/h2H,1,3-4,6H2,(H,7,8);1-2H2,(H,5,6)(H,7,8). The Morgan fingerprint density at radius 1 is 1.19 bits per heavy atom. The van der Waals surface area contributed by atoms with Crippen molar-refractivity contribution >= 4 is 17.8 Å². The van der Waals surface area contributed by atoms with Crippen LogP contribution in [0, 0.1) is 0 Å². The van der Waals surface area contributed by atoms with E-state index in [1.807, 2.05) is 0 Å². The van der Waals surface area contributed by atoms with Gasteiger partial charge in [0.15, 0.2) is 0 Å². The zero-order chi connectivity index (χ0) is 13.0. The van der Waals surface area contributed by atoms with Crippen LogP contribution in [0.2, 0.25) is 0 Å². The number of carboxylic acids is 2. The summed E-state index contributed by atoms with van der Waals surface area (Å²) in [5.74, 6) is -2.32. The van der Waals surface area contributed by atoms with Gasteiger partial charge in [0.25, 0.3) is 0 Å². The summed E-state index contributed by atoms with van der Waals surface area (Å²) in [6.45, 7) is 4.25. The van der Waals surface area contributed by atoms with E-state index in [0.717, 1.165) is 0 Å². The van der Waals surface area contributed by atoms with E-state index in [0.29, 0.717) is 13.1 Å². The summed E-state index contributed by atoms with van der Waals surface area (Å²) < 4.78 is 0. The van der Waals surface area contributed by atoms with E-state index in [1.165, 1.54) is 6.08 Å². The summed E-state index contributed by atoms with van der Waals surface area (Å²) in [6.07, 6.45) is 0.625. The molecule has 0 fully saturated rings. The Hall–Kier alpha value is -1.89. The minimum absolute atomic E-state index is 0.171. The molecule has 0 aliphatic rings. The fourth-order valence-electron chi connectivity index (χ4n) is 0.481. The fraction of sp³-hybridized carbons (Fsp3) is 0.444. The van der Waals surface area contributed by atoms with Crippen LogP contribution < -0.4 is 11.1 Å². The zero-order valence-corrected chi connectivity index (χ0v) is 8.81. The van der Waals surface area contributed by atoms with Gasteiger partial charge < -0.3 is 21.3 Å². The van der Waals surface area contributed by atoms with Crippen LogP contribution in [0.5, 0.6) is 0 Å². The SMILES string of the molecule is C=CC(=O)NCCN.O=C(O)CCC(=O)O. The Kier molecular flexibility index (Phi) is 11.6. The largest absolute Gasteiger partial charge is 0.481 e. The zero-order valence-electron chi connectivity index (χ0n) is 8.81. The maximum atomic E-state index is 10.3. The molecule has 92 valence electrons. The van der Waals surface area contributed by atoms with Crippen molar-refractivity contribution in [1.29, 1.82) is 0 Å². The Balaban J connectivity index is 0. The second-order valence-electron chi connectivity index (χ2n) is 2.57. The molecule has 7 nitrogen and oxygen atoms in total. The predicted octanol–water partition coefficient (Wildman–Crippen LogP) is -0.817. The van der Waals surface area contributed by atoms with Crippen LogP contribution in [-0.2, 0) is 14.4 Å². The van der Waals surface area contributed by atoms with Crippen molar-refractivity contribution < 1.29 is 24.6 Å². The van der Waals surface area contributed by atoms with Gasteiger partial charge in [0.2, 0.25) is 5.91 Å². The lowest BCUT2D eigenvalue weighted by molar-refractivity contribution is -0.143. The van der Waals surface area contributed by atoms with E-state index >= 15 is 0 Å². The molecule has 0 aromatic rings. The normalized spacial score (nSPS) is 8.31. The molecular weight excluding hydrogens is 216 g/mol. The smallest absolute Gasteiger partial charge is 0.303 e. The van der Waals surface area contributed by atoms with E-state index in [9.17, 15) is 14.4 Å². The van der Waals surface area contributed by atoms with E-state index < -0.39 is 11.9 Å². The summed E-state index contributed by atoms with van der Waals surface area (Å²) in [5, 5.41) is 18.3. The van der Waals surface area contributed by atoms with Crippen molar-refractivity contribution in [1.82, 2.24) is 5.32 Å². The number of aliphatic carboxylic acids is 2. The Morgan fingerprint density at radius 2 is 1.62 bits per heavy atom. The first-order valence-electron chi connectivity index (χ1n) is 4.48. The first kappa shape index (κ1) is 16.5. The molecule has 0 saturated carbocycles. The van der Waals surface area contributed by atoms with Crippen LogP contribution in [0.3, 0.4) is 0 Å². The Labute approximate surface area is 92.9 Å². The van der Waals surface area contributed by atoms with Gasteiger partial charge in [-0.05, 0) is 6.08 Å². The quantitative estimate of drug-likeness (QED) is 0.443. The molecule has 0 spiro atoms. The maximum Gasteiger partial charge on any atom is 0.303 e. The number of carbonyl (C=O) groups is 3. The van der Waals surface area contributed by atoms with Gasteiger partial charge in [-0.15, -0.1) is 0 Å². The lowest BCUT2D eigenvalue weighted by Crippen LogP contribution is -2.27. The monoisotopic (exact) mass is 232 g/mol. The fourth-order valence-corrected chi connectivity index (χ4v) is 0.481. The number of rotatable bonds is 6. The highest BCUT2D eigenvalue weighted by molar-refractivity contribution is 5.86. The van der Waals surface area contributed by atoms with Crippen LogP contribution in [0.15, 0.2) is 12.7 Å². The Morgan fingerprint density at radius 3 is 1.88 bits per heavy atom. The second-order valence-corrected chi connectivity index (χ2v) is 2.57. The predicted molar refractivity (Wildman–Crippen MR) is 56.8 cm³/mol. The highest BCUT2D eigenvalue weighted by Crippen LogP contribution is 1.86. The van der Waals surface area contributed by atoms with E-state index in [-0.39, 0.29) is 18.7 Å². The molecule has 0 heterocycles. The minimum atomic E-state index is -1.08. The maximum absolute atomic E-state index is 10.3. The molecule has 0 aromatic carbocycles. The summed E-state index contributed by atoms with van der Waals surface area (Å²) in [7, 11) is 0. The molecule has 0 atom stereocenters. The highest BCUT2D eigenvalue weighted by atomic mass is 16.4. The van der Waals surface area contributed by atoms with Gasteiger partial charge in [0, 0.05) is 13.1 Å². The topological polar surface area (TPSA) is 130 Å². The minimum Gasteiger partial charge on any atom is -0.481 e. The van der Waals surface area contributed by atoms with Crippen LogP contribution in [0.4, 0.5) is 0 Å². The third-order valence-corrected chi connectivity index (χ3v) is 1.18. The number of amides is 1. The van der Waals surface area contributed by atoms with Crippen LogP contribution in [0.25, 0.3) is 0 Å². The van der Waals surface area contributed by atoms with Crippen LogP contribution >= 0.6 is 0 Å². The summed E-state index contributed by atoms with van der Waals surface area (Å²) in [5.41, 5.74) is 5.08. The Bertz CT molecular complexity index is 238. The number of hydrogen-bond acceptors (Lipinski definition) is 4. The molecule has 5 N–H and O–H groups in total. The molecule has 0 aromatic heterocycles. The molecule has 0 saturated heterocycles. The molecule has 0 rings (SSSR count). The third kappa shape index (κ3) is 18.0. The van der Waals surface area contributed by atoms with Gasteiger partial charge >= 0.3 is 11.9 Å². The number of carboxylic acid groups (broad SMARTS) is 2. The molecule has 7 heteroatoms. The molecule has 1 amide bonds. The second kappa shape index (κ2) is 11.2. The van der Waals surface area contributed by atoms with Gasteiger partial charge in [-0.25, -0.2) is 0 Å². The van der Waals surface area contributed by atoms with Gasteiger partial charge in [-0.1, -0.05) is 6.58 Å². The summed E-state index contributed by atoms with van der Waals surface area (Å²) in [6, 6.07) is 0. The van der Waals surface area contributed by atoms with Crippen molar-refractivity contribution in [3.8, 4) is 0 Å². The van der Waals surface area contributed by atoms with Gasteiger partial charge in [0.1, 0.15) is 0 Å². The van der Waals surface area contributed by atoms with Crippen molar-refractivity contribution in [2.75, 3.05) is 13.1 Å². The summed E-state index contributed by atoms with van der Waals surface area (Å²) >= 11 is 0. The van der Waals surface area contributed by atoms with E-state index in [2.05, 4.69) is 11.9 Å². The molecule has 0 aliphatic carbocycles. The first-order chi connectivity index (χ1) is 7.43. The first-order valence-corrected chi connectivity index (χ1v) is 4.48. The average Bonchev–Trinajstić information content (AvgIpc) is 2.23. The molecule has 0 unspecified atom stereocenters. The van der Waals surface area contributed by atoms with Crippen LogP contribution in [0.1, 0.15) is 12.8 Å². The third-order valence-electron chi connectivity index (χ3n) is 1.18. The van der Waals surface area contributed by atoms with E-state index in [4.69, 9.17) is 15.9 Å². The average molecular weight is 232 g/mol. The molecule has 16 heavy (non-hydrogen) atoms. The van der Waals surface area contributed by atoms with Crippen molar-refractivity contribution in [3.05, 3.63) is 12.7 Å². The van der Waals surface area contributed by atoms with Crippen molar-refractivity contribution in [2.24, 2.45) is 5.73 Å². The van der Waals surface area contributed by atoms with Crippen molar-refractivity contribution in [3.63, 3.8) is 0 Å². The molecule has 0 radical (unpaired) electrons. The van der Waals surface area contributed by atoms with Gasteiger partial charge in [0.05, 0.1) is 12.8 Å². The molecule has 0 bridgehead atoms. The van der Waals surface area contributed by atoms with Crippen molar-refractivity contribution in [2.45, 2.75) is 12.8 Å². The van der Waals surface area contributed by atoms with E-state index in [1.54, 1.807) is 0 Å².